The van der Waals surface area contributed by atoms with Gasteiger partial charge in [-0.2, -0.15) is 0 Å². The molecule has 0 N–H and O–H groups in total. The maximum absolute atomic E-state index is 14.3. The Morgan fingerprint density at radius 3 is 2.58 bits per heavy atom. The number of imidazole rings is 1. The van der Waals surface area contributed by atoms with E-state index < -0.39 is 5.67 Å². The van der Waals surface area contributed by atoms with Crippen molar-refractivity contribution in [3.8, 4) is 11.4 Å². The molecule has 0 amide bonds. The third-order valence-electron chi connectivity index (χ3n) is 6.39. The van der Waals surface area contributed by atoms with Crippen LogP contribution in [0, 0.1) is 5.92 Å². The van der Waals surface area contributed by atoms with Crippen LogP contribution < -0.4 is 10.3 Å². The summed E-state index contributed by atoms with van der Waals surface area (Å²) in [6, 6.07) is 16.4. The van der Waals surface area contributed by atoms with Crippen LogP contribution in [0.3, 0.4) is 0 Å². The Morgan fingerprint density at radius 2 is 1.91 bits per heavy atom. The van der Waals surface area contributed by atoms with Crippen LogP contribution in [0.2, 0.25) is 5.02 Å². The zero-order valence-corrected chi connectivity index (χ0v) is 19.5. The van der Waals surface area contributed by atoms with Crippen LogP contribution in [0.5, 0.6) is 5.75 Å². The van der Waals surface area contributed by atoms with Gasteiger partial charge in [0.25, 0.3) is 5.56 Å². The number of rotatable bonds is 6. The van der Waals surface area contributed by atoms with Crippen molar-refractivity contribution in [2.24, 2.45) is 13.0 Å². The Labute approximate surface area is 196 Å². The number of nitrogens with zero attached hydrogens (tertiary/aromatic N) is 3. The Bertz CT molecular complexity index is 1390. The Morgan fingerprint density at radius 1 is 1.15 bits per heavy atom. The van der Waals surface area contributed by atoms with E-state index in [1.54, 1.807) is 42.8 Å². The Balaban J connectivity index is 1.38. The third kappa shape index (κ3) is 4.27. The highest BCUT2D eigenvalue weighted by Crippen LogP contribution is 2.54. The number of alkyl halides is 1. The topological polar surface area (TPSA) is 49.0 Å². The number of halogens is 2. The molecule has 0 spiro atoms. The van der Waals surface area contributed by atoms with E-state index in [1.807, 2.05) is 41.9 Å². The van der Waals surface area contributed by atoms with Crippen molar-refractivity contribution in [1.29, 1.82) is 0 Å². The Hall–Kier alpha value is -3.12. The summed E-state index contributed by atoms with van der Waals surface area (Å²) in [6.45, 7) is 3.61. The first kappa shape index (κ1) is 21.7. The lowest BCUT2D eigenvalue weighted by Gasteiger charge is -2.13. The van der Waals surface area contributed by atoms with Crippen molar-refractivity contribution in [1.82, 2.24) is 14.1 Å². The molecule has 1 fully saturated rings. The minimum atomic E-state index is -1.21. The quantitative estimate of drug-likeness (QED) is 0.361. The van der Waals surface area contributed by atoms with E-state index in [0.29, 0.717) is 17.4 Å². The van der Waals surface area contributed by atoms with Crippen molar-refractivity contribution >= 4 is 22.6 Å². The third-order valence-corrected chi connectivity index (χ3v) is 6.64. The predicted octanol–water partition coefficient (Wildman–Crippen LogP) is 5.81. The zero-order chi connectivity index (χ0) is 23.3. The number of pyridine rings is 1. The molecule has 0 radical (unpaired) electrons. The van der Waals surface area contributed by atoms with Gasteiger partial charge in [-0.15, -0.1) is 0 Å². The summed E-state index contributed by atoms with van der Waals surface area (Å²) >= 11 is 5.91. The molecule has 2 unspecified atom stereocenters. The van der Waals surface area contributed by atoms with E-state index in [0.717, 1.165) is 34.5 Å². The van der Waals surface area contributed by atoms with Gasteiger partial charge >= 0.3 is 0 Å². The van der Waals surface area contributed by atoms with Gasteiger partial charge in [0.05, 0.1) is 16.7 Å². The fourth-order valence-corrected chi connectivity index (χ4v) is 4.55. The summed E-state index contributed by atoms with van der Waals surface area (Å²) in [5.74, 6) is 1.53. The smallest absolute Gasteiger partial charge is 0.258 e. The van der Waals surface area contributed by atoms with Gasteiger partial charge in [0.1, 0.15) is 23.8 Å². The molecule has 0 aliphatic heterocycles. The van der Waals surface area contributed by atoms with E-state index >= 15 is 0 Å². The van der Waals surface area contributed by atoms with Crippen molar-refractivity contribution in [2.75, 3.05) is 0 Å². The minimum Gasteiger partial charge on any atom is -0.489 e. The zero-order valence-electron chi connectivity index (χ0n) is 18.8. The first-order valence-corrected chi connectivity index (χ1v) is 11.3. The molecule has 0 saturated heterocycles. The lowest BCUT2D eigenvalue weighted by Crippen LogP contribution is -2.17. The van der Waals surface area contributed by atoms with Crippen molar-refractivity contribution in [3.63, 3.8) is 0 Å². The second-order valence-corrected chi connectivity index (χ2v) is 9.64. The van der Waals surface area contributed by atoms with Crippen molar-refractivity contribution in [2.45, 2.75) is 38.5 Å². The SMILES string of the molecule is Cn1c(C2CC2C(C)(C)F)nc2ccc(-n3ccc(OCc4ccc(Cl)cc4)cc3=O)cc21. The summed E-state index contributed by atoms with van der Waals surface area (Å²) < 4.78 is 23.7. The molecule has 2 atom stereocenters. The number of benzene rings is 2. The first-order chi connectivity index (χ1) is 15.7. The number of aryl methyl sites for hydroxylation is 1. The average molecular weight is 466 g/mol. The number of hydrogen-bond donors (Lipinski definition) is 0. The van der Waals surface area contributed by atoms with Crippen molar-refractivity contribution < 1.29 is 9.13 Å². The molecule has 2 heterocycles. The van der Waals surface area contributed by atoms with Gasteiger partial charge in [-0.1, -0.05) is 23.7 Å². The normalized spacial score (nSPS) is 18.0. The fourth-order valence-electron chi connectivity index (χ4n) is 4.43. The highest BCUT2D eigenvalue weighted by Gasteiger charge is 2.51. The van der Waals surface area contributed by atoms with Crippen LogP contribution in [-0.4, -0.2) is 19.8 Å². The van der Waals surface area contributed by atoms with Crippen LogP contribution in [0.25, 0.3) is 16.7 Å². The van der Waals surface area contributed by atoms with Gasteiger partial charge in [0, 0.05) is 36.2 Å². The van der Waals surface area contributed by atoms with Crippen LogP contribution >= 0.6 is 11.6 Å². The number of ether oxygens (including phenoxy) is 1. The molecule has 1 saturated carbocycles. The first-order valence-electron chi connectivity index (χ1n) is 11.0. The van der Waals surface area contributed by atoms with Gasteiger partial charge < -0.3 is 9.30 Å². The van der Waals surface area contributed by atoms with E-state index in [2.05, 4.69) is 0 Å². The van der Waals surface area contributed by atoms with Crippen LogP contribution in [0.4, 0.5) is 4.39 Å². The monoisotopic (exact) mass is 465 g/mol. The predicted molar refractivity (Wildman–Crippen MR) is 128 cm³/mol. The second-order valence-electron chi connectivity index (χ2n) is 9.20. The lowest BCUT2D eigenvalue weighted by atomic mass is 10.0. The number of fused-ring (bicyclic) bond motifs is 1. The molecule has 5 rings (SSSR count). The second kappa shape index (κ2) is 8.03. The summed E-state index contributed by atoms with van der Waals surface area (Å²) in [5.41, 5.74) is 2.07. The van der Waals surface area contributed by atoms with E-state index in [-0.39, 0.29) is 17.4 Å². The molecule has 5 nitrogen and oxygen atoms in total. The highest BCUT2D eigenvalue weighted by molar-refractivity contribution is 6.30. The lowest BCUT2D eigenvalue weighted by molar-refractivity contribution is 0.179. The molecule has 33 heavy (non-hydrogen) atoms. The van der Waals surface area contributed by atoms with Crippen LogP contribution in [-0.2, 0) is 13.7 Å². The largest absolute Gasteiger partial charge is 0.489 e. The molecule has 1 aliphatic rings. The summed E-state index contributed by atoms with van der Waals surface area (Å²) in [4.78, 5) is 17.5. The van der Waals surface area contributed by atoms with Gasteiger partial charge in [-0.25, -0.2) is 9.37 Å². The van der Waals surface area contributed by atoms with Gasteiger partial charge in [0.15, 0.2) is 0 Å². The standard InChI is InChI=1S/C26H25ClFN3O2/c1-26(2,28)21-14-20(21)25-29-22-9-8-18(12-23(22)30(25)3)31-11-10-19(13-24(31)32)33-15-16-4-6-17(27)7-5-16/h4-13,20-21H,14-15H2,1-3H3. The molecule has 2 aromatic carbocycles. The molecule has 170 valence electrons. The van der Waals surface area contributed by atoms with Gasteiger partial charge in [0.2, 0.25) is 0 Å². The molecule has 7 heteroatoms. The maximum Gasteiger partial charge on any atom is 0.258 e. The summed E-state index contributed by atoms with van der Waals surface area (Å²) in [6.07, 6.45) is 2.52. The maximum atomic E-state index is 14.3. The number of hydrogen-bond acceptors (Lipinski definition) is 3. The van der Waals surface area contributed by atoms with Crippen molar-refractivity contribution in [3.05, 3.63) is 87.6 Å². The fraction of sp³-hybridized carbons (Fsp3) is 0.308. The molecule has 2 aromatic heterocycles. The molecular weight excluding hydrogens is 441 g/mol. The molecule has 0 bridgehead atoms. The Kier molecular flexibility index (Phi) is 5.28. The van der Waals surface area contributed by atoms with Crippen LogP contribution in [0.15, 0.2) is 65.6 Å². The summed E-state index contributed by atoms with van der Waals surface area (Å²) in [5, 5.41) is 0.669. The number of aromatic nitrogens is 3. The molecule has 4 aromatic rings. The van der Waals surface area contributed by atoms with E-state index in [9.17, 15) is 9.18 Å². The van der Waals surface area contributed by atoms with Gasteiger partial charge in [-0.05, 0) is 62.2 Å². The summed E-state index contributed by atoms with van der Waals surface area (Å²) in [7, 11) is 1.95. The average Bonchev–Trinajstić information content (AvgIpc) is 3.52. The van der Waals surface area contributed by atoms with E-state index in [4.69, 9.17) is 21.3 Å². The van der Waals surface area contributed by atoms with Crippen LogP contribution in [0.1, 0.15) is 37.6 Å². The van der Waals surface area contributed by atoms with E-state index in [1.165, 1.54) is 6.07 Å². The minimum absolute atomic E-state index is 0.00415. The highest BCUT2D eigenvalue weighted by atomic mass is 35.5. The molecular formula is C26H25ClFN3O2. The molecule has 1 aliphatic carbocycles. The van der Waals surface area contributed by atoms with Gasteiger partial charge in [-0.3, -0.25) is 9.36 Å².